The van der Waals surface area contributed by atoms with Gasteiger partial charge in [-0.05, 0) is 61.9 Å². The molecule has 1 saturated heterocycles. The lowest BCUT2D eigenvalue weighted by molar-refractivity contribution is 0.0794. The van der Waals surface area contributed by atoms with Gasteiger partial charge in [-0.1, -0.05) is 35.5 Å². The molecule has 0 unspecified atom stereocenters. The summed E-state index contributed by atoms with van der Waals surface area (Å²) >= 11 is 0. The number of hydrogen-bond donors (Lipinski definition) is 1. The van der Waals surface area contributed by atoms with Crippen LogP contribution in [0.3, 0.4) is 0 Å². The maximum Gasteiger partial charge on any atom is 0.134 e. The van der Waals surface area contributed by atoms with Crippen molar-refractivity contribution >= 4 is 10.9 Å². The number of hydrogen-bond acceptors (Lipinski definition) is 5. The number of likely N-dealkylation sites (tertiary alicyclic amines) is 1. The molecule has 1 N–H and O–H groups in total. The van der Waals surface area contributed by atoms with Crippen LogP contribution in [0, 0.1) is 6.92 Å². The summed E-state index contributed by atoms with van der Waals surface area (Å²) in [6, 6.07) is 19.0. The summed E-state index contributed by atoms with van der Waals surface area (Å²) in [6.07, 6.45) is 6.01. The third kappa shape index (κ3) is 5.51. The smallest absolute Gasteiger partial charge is 0.134 e. The van der Waals surface area contributed by atoms with Crippen LogP contribution < -0.4 is 4.74 Å². The van der Waals surface area contributed by atoms with E-state index in [1.165, 1.54) is 22.0 Å². The second-order valence-corrected chi connectivity index (χ2v) is 9.34. The first-order chi connectivity index (χ1) is 16.6. The molecule has 2 aromatic carbocycles. The SMILES string of the molecule is Cc1cc(COc2ccc3c(c2)c(CN2CCC(O)CC2)cn3CCCc2ccccc2)no1. The van der Waals surface area contributed by atoms with Gasteiger partial charge in [0.15, 0.2) is 0 Å². The fourth-order valence-electron chi connectivity index (χ4n) is 4.81. The van der Waals surface area contributed by atoms with Crippen LogP contribution in [0.15, 0.2) is 65.3 Å². The van der Waals surface area contributed by atoms with Crippen LogP contribution >= 0.6 is 0 Å². The van der Waals surface area contributed by atoms with Crippen LogP contribution in [-0.4, -0.2) is 38.9 Å². The largest absolute Gasteiger partial charge is 0.487 e. The van der Waals surface area contributed by atoms with Crippen molar-refractivity contribution in [3.05, 3.63) is 83.4 Å². The van der Waals surface area contributed by atoms with Crippen LogP contribution in [-0.2, 0) is 26.1 Å². The predicted molar refractivity (Wildman–Crippen MR) is 133 cm³/mol. The van der Waals surface area contributed by atoms with Crippen molar-refractivity contribution in [3.63, 3.8) is 0 Å². The molecule has 1 fully saturated rings. The van der Waals surface area contributed by atoms with Crippen molar-refractivity contribution in [1.29, 1.82) is 0 Å². The van der Waals surface area contributed by atoms with E-state index in [1.54, 1.807) is 0 Å². The van der Waals surface area contributed by atoms with Crippen molar-refractivity contribution in [3.8, 4) is 5.75 Å². The second-order valence-electron chi connectivity index (χ2n) is 9.34. The predicted octanol–water partition coefficient (Wildman–Crippen LogP) is 5.11. The maximum absolute atomic E-state index is 9.89. The number of rotatable bonds is 9. The summed E-state index contributed by atoms with van der Waals surface area (Å²) in [5.41, 5.74) is 4.73. The quantitative estimate of drug-likeness (QED) is 0.377. The zero-order valence-corrected chi connectivity index (χ0v) is 19.8. The number of fused-ring (bicyclic) bond motifs is 1. The lowest BCUT2D eigenvalue weighted by Gasteiger charge is -2.29. The van der Waals surface area contributed by atoms with Crippen LogP contribution in [0.2, 0.25) is 0 Å². The molecule has 34 heavy (non-hydrogen) atoms. The highest BCUT2D eigenvalue weighted by Crippen LogP contribution is 2.29. The highest BCUT2D eigenvalue weighted by molar-refractivity contribution is 5.85. The van der Waals surface area contributed by atoms with E-state index in [-0.39, 0.29) is 6.10 Å². The van der Waals surface area contributed by atoms with Gasteiger partial charge in [0.25, 0.3) is 0 Å². The molecule has 6 nitrogen and oxygen atoms in total. The number of aliphatic hydroxyl groups excluding tert-OH is 1. The van der Waals surface area contributed by atoms with E-state index >= 15 is 0 Å². The minimum Gasteiger partial charge on any atom is -0.487 e. The van der Waals surface area contributed by atoms with Gasteiger partial charge in [-0.3, -0.25) is 4.90 Å². The van der Waals surface area contributed by atoms with Crippen molar-refractivity contribution in [2.45, 2.75) is 58.4 Å². The molecule has 0 atom stereocenters. The zero-order valence-electron chi connectivity index (χ0n) is 19.8. The normalized spacial score (nSPS) is 15.2. The molecule has 0 bridgehead atoms. The molecule has 0 radical (unpaired) electrons. The Morgan fingerprint density at radius 1 is 1.09 bits per heavy atom. The Bertz CT molecular complexity index is 1210. The Morgan fingerprint density at radius 2 is 1.91 bits per heavy atom. The molecular formula is C28H33N3O3. The van der Waals surface area contributed by atoms with Gasteiger partial charge in [-0.25, -0.2) is 0 Å². The van der Waals surface area contributed by atoms with Crippen molar-refractivity contribution in [1.82, 2.24) is 14.6 Å². The minimum absolute atomic E-state index is 0.157. The van der Waals surface area contributed by atoms with Crippen molar-refractivity contribution in [2.24, 2.45) is 0 Å². The van der Waals surface area contributed by atoms with Gasteiger partial charge in [0, 0.05) is 49.3 Å². The zero-order chi connectivity index (χ0) is 23.3. The number of aliphatic hydroxyl groups is 1. The van der Waals surface area contributed by atoms with Gasteiger partial charge in [0.05, 0.1) is 6.10 Å². The van der Waals surface area contributed by atoms with E-state index in [1.807, 2.05) is 19.1 Å². The lowest BCUT2D eigenvalue weighted by Crippen LogP contribution is -2.35. The van der Waals surface area contributed by atoms with Gasteiger partial charge < -0.3 is 18.9 Å². The van der Waals surface area contributed by atoms with Gasteiger partial charge >= 0.3 is 0 Å². The summed E-state index contributed by atoms with van der Waals surface area (Å²) in [7, 11) is 0. The molecule has 4 aromatic rings. The summed E-state index contributed by atoms with van der Waals surface area (Å²) in [5.74, 6) is 1.63. The van der Waals surface area contributed by atoms with E-state index in [2.05, 4.69) is 63.3 Å². The van der Waals surface area contributed by atoms with Gasteiger partial charge in [-0.2, -0.15) is 0 Å². The van der Waals surface area contributed by atoms with Gasteiger partial charge in [-0.15, -0.1) is 0 Å². The number of piperidine rings is 1. The number of benzene rings is 2. The van der Waals surface area contributed by atoms with Crippen LogP contribution in [0.4, 0.5) is 0 Å². The van der Waals surface area contributed by atoms with Crippen molar-refractivity contribution < 1.29 is 14.4 Å². The topological polar surface area (TPSA) is 63.7 Å². The molecule has 178 valence electrons. The average molecular weight is 460 g/mol. The first-order valence-corrected chi connectivity index (χ1v) is 12.2. The third-order valence-electron chi connectivity index (χ3n) is 6.66. The summed E-state index contributed by atoms with van der Waals surface area (Å²) in [5, 5.41) is 15.2. The molecule has 6 heteroatoms. The summed E-state index contributed by atoms with van der Waals surface area (Å²) in [4.78, 5) is 2.45. The number of ether oxygens (including phenoxy) is 1. The molecule has 5 rings (SSSR count). The number of aryl methyl sites for hydroxylation is 3. The Morgan fingerprint density at radius 3 is 2.68 bits per heavy atom. The van der Waals surface area contributed by atoms with E-state index in [4.69, 9.17) is 9.26 Å². The molecule has 2 aromatic heterocycles. The number of nitrogens with zero attached hydrogens (tertiary/aromatic N) is 3. The summed E-state index contributed by atoms with van der Waals surface area (Å²) < 4.78 is 13.6. The van der Waals surface area contributed by atoms with Crippen LogP contribution in [0.5, 0.6) is 5.75 Å². The van der Waals surface area contributed by atoms with Gasteiger partial charge in [0.2, 0.25) is 0 Å². The third-order valence-corrected chi connectivity index (χ3v) is 6.66. The maximum atomic E-state index is 9.89. The molecular weight excluding hydrogens is 426 g/mol. The Hall–Kier alpha value is -3.09. The Kier molecular flexibility index (Phi) is 6.97. The molecule has 3 heterocycles. The lowest BCUT2D eigenvalue weighted by atomic mass is 10.1. The Labute approximate surface area is 200 Å². The minimum atomic E-state index is -0.157. The van der Waals surface area contributed by atoms with Crippen molar-refractivity contribution in [2.75, 3.05) is 13.1 Å². The van der Waals surface area contributed by atoms with E-state index in [9.17, 15) is 5.11 Å². The molecule has 1 aliphatic rings. The summed E-state index contributed by atoms with van der Waals surface area (Å²) in [6.45, 7) is 6.01. The molecule has 1 aliphatic heterocycles. The fraction of sp³-hybridized carbons (Fsp3) is 0.393. The first-order valence-electron chi connectivity index (χ1n) is 12.2. The van der Waals surface area contributed by atoms with E-state index in [0.717, 1.165) is 69.1 Å². The molecule has 0 saturated carbocycles. The Balaban J connectivity index is 1.34. The molecule has 0 spiro atoms. The van der Waals surface area contributed by atoms with Gasteiger partial charge in [0.1, 0.15) is 23.8 Å². The first kappa shape index (κ1) is 22.7. The van der Waals surface area contributed by atoms with E-state index < -0.39 is 0 Å². The second kappa shape index (κ2) is 10.5. The highest BCUT2D eigenvalue weighted by Gasteiger charge is 2.19. The monoisotopic (exact) mass is 459 g/mol. The van der Waals surface area contributed by atoms with Crippen LogP contribution in [0.25, 0.3) is 10.9 Å². The average Bonchev–Trinajstić information content (AvgIpc) is 3.43. The number of aromatic nitrogens is 2. The molecule has 0 amide bonds. The molecule has 0 aliphatic carbocycles. The highest BCUT2D eigenvalue weighted by atomic mass is 16.5. The van der Waals surface area contributed by atoms with E-state index in [0.29, 0.717) is 6.61 Å². The van der Waals surface area contributed by atoms with Crippen LogP contribution in [0.1, 0.15) is 41.8 Å². The standard InChI is InChI=1S/C28H33N3O3/c1-21-16-24(29-34-21)20-33-26-9-10-28-27(17-26)23(18-30-14-11-25(32)12-15-30)19-31(28)13-5-8-22-6-3-2-4-7-22/h2-4,6-7,9-10,16-17,19,25,32H,5,8,11-15,18,20H2,1H3. The fourth-order valence-corrected chi connectivity index (χ4v) is 4.81.